The van der Waals surface area contributed by atoms with Gasteiger partial charge in [-0.25, -0.2) is 4.79 Å². The average Bonchev–Trinajstić information content (AvgIpc) is 3.65. The van der Waals surface area contributed by atoms with Crippen LogP contribution in [0.5, 0.6) is 0 Å². The minimum Gasteiger partial charge on any atom is -0.481 e. The lowest BCUT2D eigenvalue weighted by Gasteiger charge is -2.32. The molecule has 3 rings (SSSR count). The van der Waals surface area contributed by atoms with E-state index in [0.29, 0.717) is 16.7 Å². The Labute approximate surface area is 203 Å². The summed E-state index contributed by atoms with van der Waals surface area (Å²) >= 11 is 0. The summed E-state index contributed by atoms with van der Waals surface area (Å²) in [6.07, 6.45) is 20.4. The van der Waals surface area contributed by atoms with Crippen LogP contribution in [0.3, 0.4) is 0 Å². The quantitative estimate of drug-likeness (QED) is 0.207. The number of hydrogen-bond donors (Lipinski definition) is 3. The molecule has 0 heterocycles. The molecule has 0 saturated carbocycles. The predicted molar refractivity (Wildman–Crippen MR) is 130 cm³/mol. The minimum absolute atomic E-state index is 0.185. The third-order valence-electron chi connectivity index (χ3n) is 5.13. The maximum Gasteiger partial charge on any atom is 0.333 e. The minimum atomic E-state index is -1.26. The van der Waals surface area contributed by atoms with E-state index in [2.05, 4.69) is 6.58 Å². The molecule has 0 spiro atoms. The summed E-state index contributed by atoms with van der Waals surface area (Å²) in [5.41, 5.74) is 0.295. The van der Waals surface area contributed by atoms with Gasteiger partial charge in [0.25, 0.3) is 17.8 Å². The Kier molecular flexibility index (Phi) is 8.45. The highest BCUT2D eigenvalue weighted by atomic mass is 16.6. The molecule has 3 aliphatic carbocycles. The van der Waals surface area contributed by atoms with Crippen molar-refractivity contribution < 1.29 is 39.1 Å². The molecule has 0 aromatic rings. The third-order valence-corrected chi connectivity index (χ3v) is 5.13. The topological polar surface area (TPSA) is 115 Å². The van der Waals surface area contributed by atoms with E-state index in [-0.39, 0.29) is 49.8 Å². The summed E-state index contributed by atoms with van der Waals surface area (Å²) in [6, 6.07) is 0. The van der Waals surface area contributed by atoms with Crippen molar-refractivity contribution in [2.75, 3.05) is 26.4 Å². The molecule has 3 N–H and O–H groups in total. The summed E-state index contributed by atoms with van der Waals surface area (Å²) in [6.45, 7) is 4.08. The number of aliphatic hydroxyl groups excluding tert-OH is 3. The van der Waals surface area contributed by atoms with E-state index in [1.165, 1.54) is 6.92 Å². The lowest BCUT2D eigenvalue weighted by Crippen LogP contribution is -2.42. The summed E-state index contributed by atoms with van der Waals surface area (Å²) in [7, 11) is 0. The second-order valence-electron chi connectivity index (χ2n) is 8.16. The Morgan fingerprint density at radius 3 is 1.23 bits per heavy atom. The molecule has 3 aliphatic rings. The number of ether oxygens (including phenoxy) is 4. The van der Waals surface area contributed by atoms with Crippen LogP contribution in [0.2, 0.25) is 0 Å². The average molecular weight is 481 g/mol. The molecular formula is C27H28O8. The molecule has 0 radical (unpaired) electrons. The number of aliphatic hydroxyl groups is 3. The van der Waals surface area contributed by atoms with Crippen molar-refractivity contribution >= 4 is 5.97 Å². The van der Waals surface area contributed by atoms with Crippen LogP contribution in [0.25, 0.3) is 0 Å². The van der Waals surface area contributed by atoms with E-state index in [1.54, 1.807) is 72.9 Å². The molecule has 8 heteroatoms. The first-order chi connectivity index (χ1) is 16.8. The van der Waals surface area contributed by atoms with Gasteiger partial charge in [0.05, 0.1) is 16.7 Å². The van der Waals surface area contributed by atoms with Crippen molar-refractivity contribution in [1.29, 1.82) is 0 Å². The van der Waals surface area contributed by atoms with Gasteiger partial charge in [-0.2, -0.15) is 0 Å². The molecule has 0 aliphatic heterocycles. The van der Waals surface area contributed by atoms with Crippen LogP contribution in [0.1, 0.15) is 6.92 Å². The molecule has 8 nitrogen and oxygen atoms in total. The van der Waals surface area contributed by atoms with Crippen LogP contribution >= 0.6 is 0 Å². The molecule has 0 fully saturated rings. The maximum absolute atomic E-state index is 12.2. The van der Waals surface area contributed by atoms with Gasteiger partial charge in [0.2, 0.25) is 0 Å². The normalized spacial score (nSPS) is 15.2. The fourth-order valence-electron chi connectivity index (χ4n) is 3.06. The monoisotopic (exact) mass is 480 g/mol. The Hall–Kier alpha value is -4.33. The fourth-order valence-corrected chi connectivity index (χ4v) is 3.06. The molecule has 0 atom stereocenters. The molecule has 184 valence electrons. The van der Waals surface area contributed by atoms with E-state index < -0.39 is 11.4 Å². The first-order valence-corrected chi connectivity index (χ1v) is 10.8. The van der Waals surface area contributed by atoms with Gasteiger partial charge in [-0.05, 0) is 43.4 Å². The molecule has 35 heavy (non-hydrogen) atoms. The number of hydrogen-bond acceptors (Lipinski definition) is 8. The number of carbonyl (C=O) groups excluding carboxylic acids is 1. The zero-order chi connectivity index (χ0) is 25.3. The van der Waals surface area contributed by atoms with Crippen molar-refractivity contribution in [3.05, 3.63) is 120 Å². The van der Waals surface area contributed by atoms with Crippen LogP contribution in [0.4, 0.5) is 0 Å². The van der Waals surface area contributed by atoms with Crippen LogP contribution in [0, 0.1) is 5.41 Å². The van der Waals surface area contributed by atoms with Gasteiger partial charge in [-0.15, -0.1) is 0 Å². The second kappa shape index (κ2) is 11.7. The smallest absolute Gasteiger partial charge is 0.333 e. The first-order valence-electron chi connectivity index (χ1n) is 10.8. The van der Waals surface area contributed by atoms with Crippen LogP contribution in [0.15, 0.2) is 120 Å². The van der Waals surface area contributed by atoms with Gasteiger partial charge >= 0.3 is 5.97 Å². The molecule has 0 amide bonds. The number of carbonyl (C=O) groups is 1. The lowest BCUT2D eigenvalue weighted by molar-refractivity contribution is -0.151. The van der Waals surface area contributed by atoms with Crippen LogP contribution in [-0.2, 0) is 23.7 Å². The van der Waals surface area contributed by atoms with Gasteiger partial charge < -0.3 is 34.3 Å². The van der Waals surface area contributed by atoms with Gasteiger partial charge in [0.15, 0.2) is 0 Å². The zero-order valence-electron chi connectivity index (χ0n) is 19.3. The Bertz CT molecular complexity index is 963. The Morgan fingerprint density at radius 2 is 0.943 bits per heavy atom. The standard InChI is InChI=1S/C27H28O8/c1-19(2)23(28)32-15-27(16-33-24(29)20-9-3-4-10-20,17-34-25(30)21-11-5-6-12-21)18-35-26(31)22-13-7-8-14-22/h3-14,29-31H,1,15-18H2,2H3. The van der Waals surface area contributed by atoms with Crippen molar-refractivity contribution in [3.8, 4) is 0 Å². The largest absolute Gasteiger partial charge is 0.481 e. The number of allylic oxidation sites excluding steroid dienone is 15. The molecule has 0 aromatic carbocycles. The van der Waals surface area contributed by atoms with E-state index in [9.17, 15) is 20.1 Å². The third kappa shape index (κ3) is 7.07. The van der Waals surface area contributed by atoms with Crippen molar-refractivity contribution in [3.63, 3.8) is 0 Å². The predicted octanol–water partition coefficient (Wildman–Crippen LogP) is 4.83. The van der Waals surface area contributed by atoms with Gasteiger partial charge in [-0.3, -0.25) is 0 Å². The number of rotatable bonds is 12. The van der Waals surface area contributed by atoms with Crippen LogP contribution in [-0.4, -0.2) is 47.7 Å². The summed E-state index contributed by atoms with van der Waals surface area (Å²) in [4.78, 5) is 12.2. The molecule has 0 aromatic heterocycles. The van der Waals surface area contributed by atoms with Crippen molar-refractivity contribution in [1.82, 2.24) is 0 Å². The first kappa shape index (κ1) is 25.3. The zero-order valence-corrected chi connectivity index (χ0v) is 19.3. The highest BCUT2D eigenvalue weighted by Crippen LogP contribution is 2.27. The summed E-state index contributed by atoms with van der Waals surface area (Å²) in [5, 5.41) is 31.1. The van der Waals surface area contributed by atoms with Crippen molar-refractivity contribution in [2.45, 2.75) is 6.92 Å². The second-order valence-corrected chi connectivity index (χ2v) is 8.16. The maximum atomic E-state index is 12.2. The summed E-state index contributed by atoms with van der Waals surface area (Å²) < 4.78 is 22.2. The van der Waals surface area contributed by atoms with E-state index in [0.717, 1.165) is 0 Å². The van der Waals surface area contributed by atoms with E-state index in [1.807, 2.05) is 0 Å². The lowest BCUT2D eigenvalue weighted by atomic mass is 9.92. The molecule has 0 unspecified atom stereocenters. The fraction of sp³-hybridized carbons (Fsp3) is 0.222. The highest BCUT2D eigenvalue weighted by Gasteiger charge is 2.37. The SMILES string of the molecule is C=C(C)C(=O)OCC(COC(O)=C1C=CC=C1)(COC(O)=C1C=CC=C1)COC(O)=C1C=CC=C1. The van der Waals surface area contributed by atoms with Crippen LogP contribution < -0.4 is 0 Å². The van der Waals surface area contributed by atoms with E-state index >= 15 is 0 Å². The van der Waals surface area contributed by atoms with Gasteiger partial charge in [0.1, 0.15) is 31.8 Å². The van der Waals surface area contributed by atoms with Gasteiger partial charge in [0, 0.05) is 5.57 Å². The molecular weight excluding hydrogens is 452 g/mol. The summed E-state index contributed by atoms with van der Waals surface area (Å²) in [5.74, 6) is -1.69. The van der Waals surface area contributed by atoms with Gasteiger partial charge in [-0.1, -0.05) is 43.0 Å². The van der Waals surface area contributed by atoms with Crippen molar-refractivity contribution in [2.24, 2.45) is 5.41 Å². The molecule has 0 saturated heterocycles. The molecule has 0 bridgehead atoms. The number of esters is 1. The Morgan fingerprint density at radius 1 is 0.657 bits per heavy atom. The van der Waals surface area contributed by atoms with E-state index in [4.69, 9.17) is 18.9 Å². The highest BCUT2D eigenvalue weighted by molar-refractivity contribution is 5.86. The Balaban J connectivity index is 1.86.